The largest absolute Gasteiger partial charge is 0.372 e. The van der Waals surface area contributed by atoms with Crippen LogP contribution in [-0.4, -0.2) is 35.3 Å². The molecular formula is C13H16Cl2N2OS. The molecule has 1 N–H and O–H groups in total. The molecule has 0 spiro atoms. The summed E-state index contributed by atoms with van der Waals surface area (Å²) in [4.78, 5) is 2.09. The summed E-state index contributed by atoms with van der Waals surface area (Å²) in [6, 6.07) is 5.44. The number of rotatable bonds is 1. The van der Waals surface area contributed by atoms with Crippen molar-refractivity contribution in [1.29, 1.82) is 0 Å². The minimum Gasteiger partial charge on any atom is -0.372 e. The van der Waals surface area contributed by atoms with Crippen LogP contribution in [0, 0.1) is 0 Å². The van der Waals surface area contributed by atoms with E-state index in [-0.39, 0.29) is 12.2 Å². The smallest absolute Gasteiger partial charge is 0.173 e. The molecule has 1 saturated heterocycles. The molecule has 19 heavy (non-hydrogen) atoms. The molecule has 0 aliphatic carbocycles. The zero-order valence-electron chi connectivity index (χ0n) is 10.8. The van der Waals surface area contributed by atoms with E-state index < -0.39 is 0 Å². The van der Waals surface area contributed by atoms with Crippen LogP contribution in [0.2, 0.25) is 10.0 Å². The Morgan fingerprint density at radius 2 is 1.95 bits per heavy atom. The van der Waals surface area contributed by atoms with Crippen LogP contribution in [0.4, 0.5) is 5.69 Å². The summed E-state index contributed by atoms with van der Waals surface area (Å²) in [7, 11) is 0. The molecule has 1 heterocycles. The van der Waals surface area contributed by atoms with E-state index in [4.69, 9.17) is 40.2 Å². The van der Waals surface area contributed by atoms with Gasteiger partial charge in [0, 0.05) is 13.1 Å². The van der Waals surface area contributed by atoms with Crippen molar-refractivity contribution in [3.05, 3.63) is 28.2 Å². The van der Waals surface area contributed by atoms with Gasteiger partial charge >= 0.3 is 0 Å². The normalized spacial score (nSPS) is 23.3. The van der Waals surface area contributed by atoms with Crippen LogP contribution in [0.25, 0.3) is 0 Å². The standard InChI is InChI=1S/C13H16Cl2N2OS/c1-8-6-17(7-9(2)18-8)13(19)16-11-5-3-4-10(14)12(11)15/h3-5,8-9H,6-7H2,1-2H3,(H,16,19)/t8-,9-/m1/s1. The molecule has 0 aromatic heterocycles. The molecule has 1 aliphatic heterocycles. The average molecular weight is 319 g/mol. The van der Waals surface area contributed by atoms with Gasteiger partial charge in [-0.1, -0.05) is 29.3 Å². The number of anilines is 1. The van der Waals surface area contributed by atoms with Gasteiger partial charge < -0.3 is 15.0 Å². The molecule has 3 nitrogen and oxygen atoms in total. The average Bonchev–Trinajstić information content (AvgIpc) is 2.33. The third-order valence-electron chi connectivity index (χ3n) is 2.90. The minimum atomic E-state index is 0.165. The molecule has 0 radical (unpaired) electrons. The Hall–Kier alpha value is -0.550. The van der Waals surface area contributed by atoms with Gasteiger partial charge in [-0.2, -0.15) is 0 Å². The van der Waals surface area contributed by atoms with Gasteiger partial charge in [-0.3, -0.25) is 0 Å². The van der Waals surface area contributed by atoms with Crippen molar-refractivity contribution in [2.75, 3.05) is 18.4 Å². The fourth-order valence-electron chi connectivity index (χ4n) is 2.14. The molecule has 0 saturated carbocycles. The summed E-state index contributed by atoms with van der Waals surface area (Å²) in [6.45, 7) is 5.62. The Bertz CT molecular complexity index is 474. The molecule has 0 unspecified atom stereocenters. The number of hydrogen-bond acceptors (Lipinski definition) is 2. The van der Waals surface area contributed by atoms with Gasteiger partial charge in [0.15, 0.2) is 5.11 Å². The number of thiocarbonyl (C=S) groups is 1. The fourth-order valence-corrected chi connectivity index (χ4v) is 2.75. The number of ether oxygens (including phenoxy) is 1. The lowest BCUT2D eigenvalue weighted by atomic mass is 10.2. The highest BCUT2D eigenvalue weighted by atomic mass is 35.5. The summed E-state index contributed by atoms with van der Waals surface area (Å²) < 4.78 is 5.68. The first-order valence-electron chi connectivity index (χ1n) is 6.12. The zero-order valence-corrected chi connectivity index (χ0v) is 13.1. The van der Waals surface area contributed by atoms with Crippen molar-refractivity contribution in [3.63, 3.8) is 0 Å². The third-order valence-corrected chi connectivity index (χ3v) is 4.08. The predicted molar refractivity (Wildman–Crippen MR) is 84.3 cm³/mol. The number of benzene rings is 1. The van der Waals surface area contributed by atoms with Crippen LogP contribution in [0.3, 0.4) is 0 Å². The van der Waals surface area contributed by atoms with E-state index in [9.17, 15) is 0 Å². The third kappa shape index (κ3) is 3.72. The first-order chi connectivity index (χ1) is 8.97. The highest BCUT2D eigenvalue weighted by molar-refractivity contribution is 7.80. The van der Waals surface area contributed by atoms with Gasteiger partial charge in [0.25, 0.3) is 0 Å². The number of halogens is 2. The van der Waals surface area contributed by atoms with Crippen LogP contribution in [-0.2, 0) is 4.74 Å². The van der Waals surface area contributed by atoms with Crippen LogP contribution in [0.1, 0.15) is 13.8 Å². The van der Waals surface area contributed by atoms with E-state index in [1.165, 1.54) is 0 Å². The van der Waals surface area contributed by atoms with Gasteiger partial charge in [-0.05, 0) is 38.2 Å². The second kappa shape index (κ2) is 6.27. The Morgan fingerprint density at radius 1 is 1.32 bits per heavy atom. The van der Waals surface area contributed by atoms with Gasteiger partial charge in [0.05, 0.1) is 27.9 Å². The Morgan fingerprint density at radius 3 is 2.58 bits per heavy atom. The molecule has 1 aromatic carbocycles. The van der Waals surface area contributed by atoms with E-state index >= 15 is 0 Å². The van der Waals surface area contributed by atoms with Gasteiger partial charge in [-0.15, -0.1) is 0 Å². The van der Waals surface area contributed by atoms with Crippen molar-refractivity contribution in [1.82, 2.24) is 4.90 Å². The SMILES string of the molecule is C[C@@H]1CN(C(=S)Nc2cccc(Cl)c2Cl)C[C@@H](C)O1. The van der Waals surface area contributed by atoms with Gasteiger partial charge in [0.2, 0.25) is 0 Å². The van der Waals surface area contributed by atoms with Crippen LogP contribution in [0.15, 0.2) is 18.2 Å². The summed E-state index contributed by atoms with van der Waals surface area (Å²) in [5.41, 5.74) is 0.728. The topological polar surface area (TPSA) is 24.5 Å². The highest BCUT2D eigenvalue weighted by Gasteiger charge is 2.24. The van der Waals surface area contributed by atoms with Crippen LogP contribution < -0.4 is 5.32 Å². The maximum Gasteiger partial charge on any atom is 0.173 e. The number of morpholine rings is 1. The molecule has 0 bridgehead atoms. The second-order valence-corrected chi connectivity index (χ2v) is 5.87. The molecule has 1 aliphatic rings. The minimum absolute atomic E-state index is 0.165. The molecule has 0 amide bonds. The van der Waals surface area contributed by atoms with E-state index in [1.54, 1.807) is 6.07 Å². The van der Waals surface area contributed by atoms with Crippen molar-refractivity contribution in [2.24, 2.45) is 0 Å². The first kappa shape index (κ1) is 14.9. The van der Waals surface area contributed by atoms with E-state index in [2.05, 4.69) is 10.2 Å². The van der Waals surface area contributed by atoms with Crippen molar-refractivity contribution < 1.29 is 4.74 Å². The zero-order chi connectivity index (χ0) is 14.0. The molecule has 2 atom stereocenters. The van der Waals surface area contributed by atoms with Crippen molar-refractivity contribution in [2.45, 2.75) is 26.1 Å². The highest BCUT2D eigenvalue weighted by Crippen LogP contribution is 2.29. The van der Waals surface area contributed by atoms with Crippen molar-refractivity contribution >= 4 is 46.2 Å². The maximum atomic E-state index is 6.14. The molecule has 1 aromatic rings. The Labute approximate surface area is 128 Å². The second-order valence-electron chi connectivity index (χ2n) is 4.69. The fraction of sp³-hybridized carbons (Fsp3) is 0.462. The summed E-state index contributed by atoms with van der Waals surface area (Å²) in [5, 5.41) is 4.79. The van der Waals surface area contributed by atoms with Gasteiger partial charge in [0.1, 0.15) is 0 Å². The lowest BCUT2D eigenvalue weighted by molar-refractivity contribution is -0.0473. The van der Waals surface area contributed by atoms with Crippen LogP contribution in [0.5, 0.6) is 0 Å². The van der Waals surface area contributed by atoms with E-state index in [1.807, 2.05) is 26.0 Å². The number of nitrogens with zero attached hydrogens (tertiary/aromatic N) is 1. The lowest BCUT2D eigenvalue weighted by Gasteiger charge is -2.37. The van der Waals surface area contributed by atoms with Crippen LogP contribution >= 0.6 is 35.4 Å². The van der Waals surface area contributed by atoms with Gasteiger partial charge in [-0.25, -0.2) is 0 Å². The quantitative estimate of drug-likeness (QED) is 0.796. The Kier molecular flexibility index (Phi) is 4.90. The summed E-state index contributed by atoms with van der Waals surface area (Å²) in [5.74, 6) is 0. The van der Waals surface area contributed by atoms with Crippen molar-refractivity contribution in [3.8, 4) is 0 Å². The molecule has 104 valence electrons. The number of nitrogens with one attached hydrogen (secondary N) is 1. The molecule has 2 rings (SSSR count). The number of hydrogen-bond donors (Lipinski definition) is 1. The first-order valence-corrected chi connectivity index (χ1v) is 7.29. The van der Waals surface area contributed by atoms with E-state index in [0.717, 1.165) is 18.8 Å². The predicted octanol–water partition coefficient (Wildman–Crippen LogP) is 3.80. The Balaban J connectivity index is 2.06. The maximum absolute atomic E-state index is 6.14. The molecule has 1 fully saturated rings. The lowest BCUT2D eigenvalue weighted by Crippen LogP contribution is -2.49. The summed E-state index contributed by atoms with van der Waals surface area (Å²) in [6.07, 6.45) is 0.330. The monoisotopic (exact) mass is 318 g/mol. The molecular weight excluding hydrogens is 303 g/mol. The molecule has 6 heteroatoms. The van der Waals surface area contributed by atoms with E-state index in [0.29, 0.717) is 15.2 Å². The summed E-state index contributed by atoms with van der Waals surface area (Å²) >= 11 is 17.5.